The van der Waals surface area contributed by atoms with Crippen LogP contribution in [0, 0.1) is 25.2 Å². The van der Waals surface area contributed by atoms with E-state index in [0.29, 0.717) is 52.9 Å². The predicted molar refractivity (Wildman–Crippen MR) is 119 cm³/mol. The standard InChI is InChI=1S/C23H22N6O3/c1-13-9-14(2)29-22(27-13)17(11-24)19(28-29)5-4-8-25-23(31)18-12-26-20-10-15(32-3)6-7-16(20)21(18)30/h6-7,9-10,12H,4-5,8H2,1-3H3,(H,25,31)(H,26,30). The highest BCUT2D eigenvalue weighted by molar-refractivity contribution is 5.97. The summed E-state index contributed by atoms with van der Waals surface area (Å²) in [5, 5.41) is 17.3. The average molecular weight is 430 g/mol. The second-order valence-electron chi connectivity index (χ2n) is 7.51. The van der Waals surface area contributed by atoms with Crippen LogP contribution in [0.4, 0.5) is 0 Å². The molecule has 162 valence electrons. The molecule has 4 rings (SSSR count). The summed E-state index contributed by atoms with van der Waals surface area (Å²) >= 11 is 0. The largest absolute Gasteiger partial charge is 0.497 e. The fourth-order valence-electron chi connectivity index (χ4n) is 3.70. The number of nitrogens with zero attached hydrogens (tertiary/aromatic N) is 4. The molecule has 32 heavy (non-hydrogen) atoms. The van der Waals surface area contributed by atoms with Crippen LogP contribution in [0.1, 0.15) is 39.4 Å². The third-order valence-corrected chi connectivity index (χ3v) is 5.29. The molecule has 1 amide bonds. The van der Waals surface area contributed by atoms with Crippen molar-refractivity contribution in [2.24, 2.45) is 0 Å². The topological polar surface area (TPSA) is 125 Å². The minimum absolute atomic E-state index is 0.0448. The number of ether oxygens (including phenoxy) is 1. The Balaban J connectivity index is 1.45. The molecule has 0 aliphatic heterocycles. The van der Waals surface area contributed by atoms with Gasteiger partial charge in [-0.15, -0.1) is 0 Å². The van der Waals surface area contributed by atoms with Crippen molar-refractivity contribution < 1.29 is 9.53 Å². The summed E-state index contributed by atoms with van der Waals surface area (Å²) < 4.78 is 6.83. The number of hydrogen-bond donors (Lipinski definition) is 2. The average Bonchev–Trinajstić information content (AvgIpc) is 3.14. The highest BCUT2D eigenvalue weighted by atomic mass is 16.5. The molecular formula is C23H22N6O3. The van der Waals surface area contributed by atoms with Gasteiger partial charge in [-0.3, -0.25) is 9.59 Å². The maximum Gasteiger partial charge on any atom is 0.256 e. The highest BCUT2D eigenvalue weighted by Gasteiger charge is 2.16. The summed E-state index contributed by atoms with van der Waals surface area (Å²) in [6, 6.07) is 9.12. The Hall–Kier alpha value is -4.19. The molecule has 0 aliphatic carbocycles. The van der Waals surface area contributed by atoms with Gasteiger partial charge in [-0.1, -0.05) is 0 Å². The van der Waals surface area contributed by atoms with Gasteiger partial charge in [0, 0.05) is 35.6 Å². The van der Waals surface area contributed by atoms with Gasteiger partial charge >= 0.3 is 0 Å². The molecule has 9 nitrogen and oxygen atoms in total. The number of benzene rings is 1. The van der Waals surface area contributed by atoms with Crippen molar-refractivity contribution in [3.05, 3.63) is 68.9 Å². The fraction of sp³-hybridized carbons (Fsp3) is 0.261. The fourth-order valence-corrected chi connectivity index (χ4v) is 3.70. The maximum atomic E-state index is 12.7. The molecule has 3 aromatic heterocycles. The van der Waals surface area contributed by atoms with Crippen molar-refractivity contribution >= 4 is 22.5 Å². The number of hydrogen-bond acceptors (Lipinski definition) is 6. The minimum atomic E-state index is -0.451. The summed E-state index contributed by atoms with van der Waals surface area (Å²) in [6.07, 6.45) is 2.47. The molecule has 0 spiro atoms. The van der Waals surface area contributed by atoms with Crippen LogP contribution in [-0.4, -0.2) is 39.1 Å². The Bertz CT molecular complexity index is 1440. The molecule has 2 N–H and O–H groups in total. The van der Waals surface area contributed by atoms with E-state index in [2.05, 4.69) is 26.5 Å². The van der Waals surface area contributed by atoms with Crippen molar-refractivity contribution in [3.63, 3.8) is 0 Å². The Morgan fingerprint density at radius 3 is 2.88 bits per heavy atom. The number of aromatic nitrogens is 4. The van der Waals surface area contributed by atoms with E-state index in [4.69, 9.17) is 4.74 Å². The smallest absolute Gasteiger partial charge is 0.256 e. The van der Waals surface area contributed by atoms with Crippen molar-refractivity contribution in [1.29, 1.82) is 5.26 Å². The molecule has 0 bridgehead atoms. The summed E-state index contributed by atoms with van der Waals surface area (Å²) in [7, 11) is 1.55. The lowest BCUT2D eigenvalue weighted by Crippen LogP contribution is -2.29. The zero-order valence-corrected chi connectivity index (χ0v) is 18.0. The van der Waals surface area contributed by atoms with E-state index < -0.39 is 5.91 Å². The van der Waals surface area contributed by atoms with Crippen LogP contribution in [0.3, 0.4) is 0 Å². The lowest BCUT2D eigenvalue weighted by Gasteiger charge is -2.06. The van der Waals surface area contributed by atoms with Gasteiger partial charge in [-0.2, -0.15) is 10.4 Å². The Morgan fingerprint density at radius 2 is 2.12 bits per heavy atom. The van der Waals surface area contributed by atoms with Crippen LogP contribution in [0.15, 0.2) is 35.3 Å². The number of rotatable bonds is 6. The van der Waals surface area contributed by atoms with Crippen LogP contribution < -0.4 is 15.5 Å². The molecule has 0 saturated carbocycles. The Morgan fingerprint density at radius 1 is 1.31 bits per heavy atom. The maximum absolute atomic E-state index is 12.7. The van der Waals surface area contributed by atoms with Gasteiger partial charge in [0.15, 0.2) is 5.65 Å². The van der Waals surface area contributed by atoms with Crippen molar-refractivity contribution in [2.75, 3.05) is 13.7 Å². The van der Waals surface area contributed by atoms with Crippen molar-refractivity contribution in [1.82, 2.24) is 24.9 Å². The van der Waals surface area contributed by atoms with Crippen LogP contribution in [0.5, 0.6) is 5.75 Å². The van der Waals surface area contributed by atoms with Crippen LogP contribution in [0.25, 0.3) is 16.6 Å². The number of pyridine rings is 1. The molecule has 1 aromatic carbocycles. The first-order chi connectivity index (χ1) is 15.4. The molecule has 9 heteroatoms. The lowest BCUT2D eigenvalue weighted by molar-refractivity contribution is 0.0952. The van der Waals surface area contributed by atoms with E-state index >= 15 is 0 Å². The molecule has 0 unspecified atom stereocenters. The zero-order valence-electron chi connectivity index (χ0n) is 18.0. The van der Waals surface area contributed by atoms with E-state index in [1.165, 1.54) is 6.20 Å². The van der Waals surface area contributed by atoms with E-state index in [1.807, 2.05) is 19.9 Å². The molecule has 0 aliphatic rings. The first-order valence-electron chi connectivity index (χ1n) is 10.2. The predicted octanol–water partition coefficient (Wildman–Crippen LogP) is 2.43. The summed E-state index contributed by atoms with van der Waals surface area (Å²) in [4.78, 5) is 32.6. The number of aryl methyl sites for hydroxylation is 3. The van der Waals surface area contributed by atoms with E-state index in [9.17, 15) is 14.9 Å². The van der Waals surface area contributed by atoms with Gasteiger partial charge < -0.3 is 15.0 Å². The van der Waals surface area contributed by atoms with Gasteiger partial charge in [0.05, 0.1) is 18.3 Å². The minimum Gasteiger partial charge on any atom is -0.497 e. The molecule has 0 fully saturated rings. The summed E-state index contributed by atoms with van der Waals surface area (Å²) in [5.74, 6) is 0.169. The second-order valence-corrected chi connectivity index (χ2v) is 7.51. The third-order valence-electron chi connectivity index (χ3n) is 5.29. The number of methoxy groups -OCH3 is 1. The van der Waals surface area contributed by atoms with E-state index in [-0.39, 0.29) is 11.0 Å². The summed E-state index contributed by atoms with van der Waals surface area (Å²) in [5.41, 5.74) is 3.65. The van der Waals surface area contributed by atoms with E-state index in [0.717, 1.165) is 11.4 Å². The van der Waals surface area contributed by atoms with Gasteiger partial charge in [-0.25, -0.2) is 9.50 Å². The van der Waals surface area contributed by atoms with Gasteiger partial charge in [-0.05, 0) is 44.9 Å². The SMILES string of the molecule is COc1ccc2c(=O)c(C(=O)NCCCc3nn4c(C)cc(C)nc4c3C#N)c[nH]c2c1. The molecule has 0 saturated heterocycles. The van der Waals surface area contributed by atoms with E-state index in [1.54, 1.807) is 29.8 Å². The number of nitrogens with one attached hydrogen (secondary N) is 2. The van der Waals surface area contributed by atoms with Crippen molar-refractivity contribution in [2.45, 2.75) is 26.7 Å². The van der Waals surface area contributed by atoms with Gasteiger partial charge in [0.2, 0.25) is 5.43 Å². The number of aromatic amines is 1. The second kappa shape index (κ2) is 8.51. The number of fused-ring (bicyclic) bond motifs is 2. The van der Waals surface area contributed by atoms with Crippen LogP contribution >= 0.6 is 0 Å². The molecular weight excluding hydrogens is 408 g/mol. The first kappa shape index (κ1) is 21.1. The third kappa shape index (κ3) is 3.78. The van der Waals surface area contributed by atoms with Gasteiger partial charge in [0.25, 0.3) is 5.91 Å². The number of amides is 1. The first-order valence-corrected chi connectivity index (χ1v) is 10.2. The molecule has 0 radical (unpaired) electrons. The van der Waals surface area contributed by atoms with Gasteiger partial charge in [0.1, 0.15) is 22.9 Å². The zero-order chi connectivity index (χ0) is 22.8. The Labute approximate surface area is 183 Å². The quantitative estimate of drug-likeness (QED) is 0.453. The number of nitriles is 1. The highest BCUT2D eigenvalue weighted by Crippen LogP contribution is 2.18. The number of H-pyrrole nitrogens is 1. The Kier molecular flexibility index (Phi) is 5.60. The monoisotopic (exact) mass is 430 g/mol. The van der Waals surface area contributed by atoms with Crippen LogP contribution in [-0.2, 0) is 6.42 Å². The number of carbonyl (C=O) groups excluding carboxylic acids is 1. The molecule has 3 heterocycles. The molecule has 4 aromatic rings. The van der Waals surface area contributed by atoms with Crippen LogP contribution in [0.2, 0.25) is 0 Å². The summed E-state index contributed by atoms with van der Waals surface area (Å²) in [6.45, 7) is 4.13. The van der Waals surface area contributed by atoms with Crippen molar-refractivity contribution in [3.8, 4) is 11.8 Å². The molecule has 0 atom stereocenters. The normalized spacial score (nSPS) is 10.9. The lowest BCUT2D eigenvalue weighted by atomic mass is 10.1. The number of carbonyl (C=O) groups is 1.